The Labute approximate surface area is 128 Å². The van der Waals surface area contributed by atoms with Crippen LogP contribution in [0.4, 0.5) is 5.69 Å². The summed E-state index contributed by atoms with van der Waals surface area (Å²) in [5.74, 6) is 0. The lowest BCUT2D eigenvalue weighted by Crippen LogP contribution is -2.20. The molecule has 1 heterocycles. The van der Waals surface area contributed by atoms with Crippen molar-refractivity contribution >= 4 is 17.3 Å². The molecule has 0 amide bonds. The number of para-hydroxylation sites is 1. The normalized spacial score (nSPS) is 10.5. The van der Waals surface area contributed by atoms with Crippen LogP contribution in [0.15, 0.2) is 67.3 Å². The Bertz CT molecular complexity index is 696. The van der Waals surface area contributed by atoms with Crippen molar-refractivity contribution < 1.29 is 0 Å². The highest BCUT2D eigenvalue weighted by Gasteiger charge is 2.03. The molecule has 0 fully saturated rings. The van der Waals surface area contributed by atoms with Gasteiger partial charge < -0.3 is 9.99 Å². The quantitative estimate of drug-likeness (QED) is 0.707. The molecule has 0 radical (unpaired) electrons. The Morgan fingerprint density at radius 2 is 1.95 bits per heavy atom. The molecule has 1 aromatic heterocycles. The molecule has 0 aliphatic carbocycles. The summed E-state index contributed by atoms with van der Waals surface area (Å²) in [6, 6.07) is 15.9. The van der Waals surface area contributed by atoms with Crippen LogP contribution >= 0.6 is 11.6 Å². The van der Waals surface area contributed by atoms with Crippen molar-refractivity contribution in [1.29, 1.82) is 0 Å². The second-order valence-electron chi connectivity index (χ2n) is 4.59. The number of aromatic nitrogens is 2. The first-order valence-electron chi connectivity index (χ1n) is 6.63. The lowest BCUT2D eigenvalue weighted by molar-refractivity contribution is 0.801. The number of anilines is 1. The van der Waals surface area contributed by atoms with Crippen LogP contribution in [-0.4, -0.2) is 9.55 Å². The number of nitrogens with one attached hydrogen (secondary N) is 2. The molecule has 0 unspecified atom stereocenters. The maximum Gasteiger partial charge on any atom is 0.0991 e. The monoisotopic (exact) mass is 298 g/mol. The van der Waals surface area contributed by atoms with Gasteiger partial charge in [0.2, 0.25) is 0 Å². The van der Waals surface area contributed by atoms with Crippen molar-refractivity contribution in [3.63, 3.8) is 0 Å². The first-order valence-corrected chi connectivity index (χ1v) is 7.01. The summed E-state index contributed by atoms with van der Waals surface area (Å²) < 4.78 is 1.92. The van der Waals surface area contributed by atoms with Crippen molar-refractivity contribution in [3.8, 4) is 5.69 Å². The van der Waals surface area contributed by atoms with E-state index in [4.69, 9.17) is 11.6 Å². The van der Waals surface area contributed by atoms with Gasteiger partial charge in [0, 0.05) is 35.3 Å². The summed E-state index contributed by atoms with van der Waals surface area (Å²) >= 11 is 6.33. The summed E-state index contributed by atoms with van der Waals surface area (Å²) in [4.78, 5) is 4.03. The SMILES string of the molecule is Clc1cc(-n2ccnc2)ccc1CNNc1ccccc1. The number of halogens is 1. The van der Waals surface area contributed by atoms with Crippen LogP contribution in [0.5, 0.6) is 0 Å². The number of rotatable bonds is 5. The summed E-state index contributed by atoms with van der Waals surface area (Å²) in [7, 11) is 0. The average Bonchev–Trinajstić information content (AvgIpc) is 3.04. The van der Waals surface area contributed by atoms with Crippen molar-refractivity contribution in [2.24, 2.45) is 0 Å². The minimum atomic E-state index is 0.637. The van der Waals surface area contributed by atoms with Gasteiger partial charge in [-0.2, -0.15) is 0 Å². The van der Waals surface area contributed by atoms with E-state index in [-0.39, 0.29) is 0 Å². The zero-order valence-electron chi connectivity index (χ0n) is 11.3. The zero-order valence-corrected chi connectivity index (χ0v) is 12.1. The average molecular weight is 299 g/mol. The van der Waals surface area contributed by atoms with Gasteiger partial charge in [-0.3, -0.25) is 0 Å². The van der Waals surface area contributed by atoms with E-state index in [1.54, 1.807) is 12.5 Å². The van der Waals surface area contributed by atoms with E-state index >= 15 is 0 Å². The molecule has 5 heteroatoms. The Balaban J connectivity index is 1.64. The van der Waals surface area contributed by atoms with Crippen LogP contribution in [0.25, 0.3) is 5.69 Å². The Kier molecular flexibility index (Phi) is 4.19. The van der Waals surface area contributed by atoms with Crippen LogP contribution in [0, 0.1) is 0 Å². The van der Waals surface area contributed by atoms with Gasteiger partial charge >= 0.3 is 0 Å². The van der Waals surface area contributed by atoms with E-state index in [1.165, 1.54) is 0 Å². The molecular weight excluding hydrogens is 284 g/mol. The summed E-state index contributed by atoms with van der Waals surface area (Å²) in [6.07, 6.45) is 5.38. The summed E-state index contributed by atoms with van der Waals surface area (Å²) in [5.41, 5.74) is 9.34. The standard InChI is InChI=1S/C16H15ClN4/c17-16-10-15(21-9-8-18-12-21)7-6-13(16)11-19-20-14-4-2-1-3-5-14/h1-10,12,19-20H,11H2. The molecule has 0 saturated heterocycles. The van der Waals surface area contributed by atoms with Gasteiger partial charge in [0.1, 0.15) is 0 Å². The highest BCUT2D eigenvalue weighted by molar-refractivity contribution is 6.31. The number of hydrogen-bond acceptors (Lipinski definition) is 3. The molecule has 2 N–H and O–H groups in total. The van der Waals surface area contributed by atoms with Crippen molar-refractivity contribution in [1.82, 2.24) is 15.0 Å². The lowest BCUT2D eigenvalue weighted by Gasteiger charge is -2.11. The second kappa shape index (κ2) is 6.43. The van der Waals surface area contributed by atoms with E-state index in [1.807, 2.05) is 59.3 Å². The fraction of sp³-hybridized carbons (Fsp3) is 0.0625. The van der Waals surface area contributed by atoms with Crippen molar-refractivity contribution in [2.75, 3.05) is 5.43 Å². The smallest absolute Gasteiger partial charge is 0.0991 e. The summed E-state index contributed by atoms with van der Waals surface area (Å²) in [5, 5.41) is 0.726. The lowest BCUT2D eigenvalue weighted by atomic mass is 10.2. The Hall–Kier alpha value is -2.30. The number of imidazole rings is 1. The summed E-state index contributed by atoms with van der Waals surface area (Å²) in [6.45, 7) is 0.637. The van der Waals surface area contributed by atoms with Gasteiger partial charge in [0.05, 0.1) is 6.33 Å². The van der Waals surface area contributed by atoms with Crippen LogP contribution in [0.1, 0.15) is 5.56 Å². The van der Waals surface area contributed by atoms with Gasteiger partial charge in [-0.15, -0.1) is 0 Å². The molecular formula is C16H15ClN4. The van der Waals surface area contributed by atoms with E-state index < -0.39 is 0 Å². The minimum absolute atomic E-state index is 0.637. The molecule has 2 aromatic carbocycles. The second-order valence-corrected chi connectivity index (χ2v) is 5.00. The van der Waals surface area contributed by atoms with E-state index in [9.17, 15) is 0 Å². The predicted molar refractivity (Wildman–Crippen MR) is 85.5 cm³/mol. The van der Waals surface area contributed by atoms with Gasteiger partial charge in [0.25, 0.3) is 0 Å². The first-order chi connectivity index (χ1) is 10.3. The van der Waals surface area contributed by atoms with Crippen LogP contribution < -0.4 is 10.9 Å². The molecule has 0 bridgehead atoms. The number of nitrogens with zero attached hydrogens (tertiary/aromatic N) is 2. The van der Waals surface area contributed by atoms with Crippen LogP contribution in [0.2, 0.25) is 5.02 Å². The third kappa shape index (κ3) is 3.42. The molecule has 0 aliphatic heterocycles. The Morgan fingerprint density at radius 1 is 1.10 bits per heavy atom. The molecule has 21 heavy (non-hydrogen) atoms. The molecule has 106 valence electrons. The molecule has 0 aliphatic rings. The number of hydrazine groups is 1. The van der Waals surface area contributed by atoms with E-state index in [0.29, 0.717) is 6.54 Å². The predicted octanol–water partition coefficient (Wildman–Crippen LogP) is 3.64. The fourth-order valence-corrected chi connectivity index (χ4v) is 2.26. The molecule has 0 saturated carbocycles. The number of hydrogen-bond donors (Lipinski definition) is 2. The van der Waals surface area contributed by atoms with Crippen molar-refractivity contribution in [3.05, 3.63) is 77.8 Å². The molecule has 0 spiro atoms. The van der Waals surface area contributed by atoms with Crippen LogP contribution in [-0.2, 0) is 6.54 Å². The molecule has 0 atom stereocenters. The molecule has 3 rings (SSSR count). The van der Waals surface area contributed by atoms with Crippen molar-refractivity contribution in [2.45, 2.75) is 6.54 Å². The highest BCUT2D eigenvalue weighted by Crippen LogP contribution is 2.20. The largest absolute Gasteiger partial charge is 0.321 e. The van der Waals surface area contributed by atoms with Gasteiger partial charge in [-0.25, -0.2) is 10.4 Å². The third-order valence-corrected chi connectivity index (χ3v) is 3.48. The van der Waals surface area contributed by atoms with Gasteiger partial charge in [0.15, 0.2) is 0 Å². The van der Waals surface area contributed by atoms with Crippen LogP contribution in [0.3, 0.4) is 0 Å². The maximum atomic E-state index is 6.33. The van der Waals surface area contributed by atoms with E-state index in [2.05, 4.69) is 15.8 Å². The van der Waals surface area contributed by atoms with Gasteiger partial charge in [-0.1, -0.05) is 35.9 Å². The zero-order chi connectivity index (χ0) is 14.5. The molecule has 3 aromatic rings. The Morgan fingerprint density at radius 3 is 2.67 bits per heavy atom. The number of benzene rings is 2. The van der Waals surface area contributed by atoms with E-state index in [0.717, 1.165) is 22.0 Å². The maximum absolute atomic E-state index is 6.33. The fourth-order valence-electron chi connectivity index (χ4n) is 2.02. The third-order valence-electron chi connectivity index (χ3n) is 3.12. The minimum Gasteiger partial charge on any atom is -0.321 e. The van der Waals surface area contributed by atoms with Gasteiger partial charge in [-0.05, 0) is 29.8 Å². The molecule has 4 nitrogen and oxygen atoms in total. The first kappa shape index (κ1) is 13.7. The topological polar surface area (TPSA) is 41.9 Å². The highest BCUT2D eigenvalue weighted by atomic mass is 35.5.